The van der Waals surface area contributed by atoms with Crippen molar-refractivity contribution < 1.29 is 0 Å². The van der Waals surface area contributed by atoms with E-state index in [1.807, 2.05) is 0 Å². The van der Waals surface area contributed by atoms with Crippen molar-refractivity contribution in [2.75, 3.05) is 4.90 Å². The number of allylic oxidation sites excluding steroid dienone is 4. The highest BCUT2D eigenvalue weighted by molar-refractivity contribution is 6.76. The molecule has 44 heavy (non-hydrogen) atoms. The number of para-hydroxylation sites is 2. The van der Waals surface area contributed by atoms with Crippen LogP contribution in [0.15, 0.2) is 96.6 Å². The van der Waals surface area contributed by atoms with Gasteiger partial charge in [-0.05, 0) is 130 Å². The maximum atomic E-state index is 2.95. The molecule has 3 aliphatic carbocycles. The summed E-state index contributed by atoms with van der Waals surface area (Å²) in [4.78, 5) is 2.40. The van der Waals surface area contributed by atoms with E-state index in [-0.39, 0.29) is 16.5 Å². The Labute approximate surface area is 269 Å². The van der Waals surface area contributed by atoms with Crippen LogP contribution in [0.1, 0.15) is 79.9 Å². The molecular weight excluding hydrogens is 549 g/mol. The lowest BCUT2D eigenvalue weighted by atomic mass is 9.76. The van der Waals surface area contributed by atoms with Crippen molar-refractivity contribution >= 4 is 30.9 Å². The van der Waals surface area contributed by atoms with Crippen molar-refractivity contribution in [3.8, 4) is 0 Å². The van der Waals surface area contributed by atoms with E-state index in [1.165, 1.54) is 40.2 Å². The Morgan fingerprint density at radius 3 is 1.80 bits per heavy atom. The van der Waals surface area contributed by atoms with Gasteiger partial charge in [0, 0.05) is 33.6 Å². The van der Waals surface area contributed by atoms with Gasteiger partial charge in [0.2, 0.25) is 0 Å². The molecule has 0 spiro atoms. The lowest BCUT2D eigenvalue weighted by Crippen LogP contribution is -2.67. The first-order valence-corrected chi connectivity index (χ1v) is 19.9. The van der Waals surface area contributed by atoms with Gasteiger partial charge in [-0.1, -0.05) is 88.5 Å². The highest BCUT2D eigenvalue weighted by atomic mass is 28.3. The highest BCUT2D eigenvalue weighted by Gasteiger charge is 2.56. The maximum Gasteiger partial charge on any atom is 0.127 e. The summed E-state index contributed by atoms with van der Waals surface area (Å²) in [5.41, 5.74) is 10.5. The van der Waals surface area contributed by atoms with Gasteiger partial charge in [0.15, 0.2) is 0 Å². The lowest BCUT2D eigenvalue weighted by Gasteiger charge is -2.57. The van der Waals surface area contributed by atoms with Crippen molar-refractivity contribution in [3.05, 3.63) is 108 Å². The molecule has 0 radical (unpaired) electrons. The summed E-state index contributed by atoms with van der Waals surface area (Å²) in [6.07, 6.45) is 6.78. The number of benzene rings is 3. The summed E-state index contributed by atoms with van der Waals surface area (Å²) in [7, 11) is -1.86. The Bertz CT molecular complexity index is 1530. The fourth-order valence-corrected chi connectivity index (χ4v) is 16.9. The fraction of sp³-hybridized carbons (Fsp3) is 0.463. The molecule has 4 unspecified atom stereocenters. The van der Waals surface area contributed by atoms with Gasteiger partial charge in [0.25, 0.3) is 0 Å². The second-order valence-corrected chi connectivity index (χ2v) is 21.3. The summed E-state index contributed by atoms with van der Waals surface area (Å²) in [6.45, 7) is 27.4. The van der Waals surface area contributed by atoms with Gasteiger partial charge >= 0.3 is 0 Å². The Morgan fingerprint density at radius 1 is 0.727 bits per heavy atom. The zero-order valence-electron chi connectivity index (χ0n) is 29.1. The minimum absolute atomic E-state index is 0.0294. The number of hydrogen-bond donors (Lipinski definition) is 0. The van der Waals surface area contributed by atoms with Crippen molar-refractivity contribution in [2.45, 2.75) is 104 Å². The molecule has 0 N–H and O–H groups in total. The van der Waals surface area contributed by atoms with Crippen molar-refractivity contribution in [1.29, 1.82) is 0 Å². The van der Waals surface area contributed by atoms with Gasteiger partial charge in [-0.3, -0.25) is 0 Å². The largest absolute Gasteiger partial charge is 0.314 e. The van der Waals surface area contributed by atoms with Gasteiger partial charge in [0.05, 0.1) is 0 Å². The van der Waals surface area contributed by atoms with Crippen LogP contribution >= 0.6 is 0 Å². The predicted molar refractivity (Wildman–Crippen MR) is 194 cm³/mol. The molecule has 0 bridgehead atoms. The molecule has 3 aromatic carbocycles. The SMILES string of the molecule is CC1CC2C=C3C(=CC2C1[Si](C)(C)N(C(C)(C)C)C(C)(C)C)c1ccc(N(c2ccccc2)c2ccccc2)cc1C3(C)C. The second-order valence-electron chi connectivity index (χ2n) is 16.8. The van der Waals surface area contributed by atoms with E-state index in [9.17, 15) is 0 Å². The van der Waals surface area contributed by atoms with E-state index < -0.39 is 8.24 Å². The topological polar surface area (TPSA) is 6.48 Å². The fourth-order valence-electron chi connectivity index (χ4n) is 10.4. The zero-order chi connectivity index (χ0) is 31.8. The summed E-state index contributed by atoms with van der Waals surface area (Å²) < 4.78 is 2.95. The number of anilines is 3. The second kappa shape index (κ2) is 10.6. The highest BCUT2D eigenvalue weighted by Crippen LogP contribution is 2.61. The molecule has 6 rings (SSSR count). The maximum absolute atomic E-state index is 2.95. The third kappa shape index (κ3) is 5.05. The number of nitrogens with zero attached hydrogens (tertiary/aromatic N) is 2. The molecule has 3 aliphatic rings. The van der Waals surface area contributed by atoms with E-state index in [0.29, 0.717) is 17.4 Å². The minimum Gasteiger partial charge on any atom is -0.314 e. The summed E-state index contributed by atoms with van der Waals surface area (Å²) in [5, 5.41) is 0. The van der Waals surface area contributed by atoms with Crippen LogP contribution in [0.5, 0.6) is 0 Å². The average Bonchev–Trinajstić information content (AvgIpc) is 3.37. The molecule has 232 valence electrons. The van der Waals surface area contributed by atoms with Crippen LogP contribution < -0.4 is 4.90 Å². The normalized spacial score (nSPS) is 24.4. The van der Waals surface area contributed by atoms with Crippen molar-refractivity contribution in [1.82, 2.24) is 4.57 Å². The number of rotatable bonds is 5. The Balaban J connectivity index is 1.44. The molecule has 4 atom stereocenters. The molecule has 1 fully saturated rings. The van der Waals surface area contributed by atoms with Crippen LogP contribution in [0.25, 0.3) is 5.57 Å². The minimum atomic E-state index is -1.86. The molecular formula is C41H54N2Si. The van der Waals surface area contributed by atoms with E-state index >= 15 is 0 Å². The van der Waals surface area contributed by atoms with Crippen LogP contribution in [-0.4, -0.2) is 23.9 Å². The lowest BCUT2D eigenvalue weighted by molar-refractivity contribution is 0.121. The third-order valence-corrected chi connectivity index (χ3v) is 15.9. The monoisotopic (exact) mass is 602 g/mol. The van der Waals surface area contributed by atoms with Crippen LogP contribution in [0.3, 0.4) is 0 Å². The first-order valence-electron chi connectivity index (χ1n) is 16.8. The first kappa shape index (κ1) is 31.1. The van der Waals surface area contributed by atoms with Gasteiger partial charge in [-0.25, -0.2) is 0 Å². The van der Waals surface area contributed by atoms with Crippen molar-refractivity contribution in [3.63, 3.8) is 0 Å². The van der Waals surface area contributed by atoms with E-state index in [0.717, 1.165) is 5.92 Å². The standard InChI is InChI=1S/C41H54N2Si/c1-28-24-29-25-36-35(27-34(29)38(28)44(10,11)43(39(2,3)4)40(5,6)7)33-23-22-32(26-37(33)41(36,8)9)42(30-18-14-12-15-19-30)31-20-16-13-17-21-31/h12-23,25-29,34,38H,24H2,1-11H3. The van der Waals surface area contributed by atoms with Gasteiger partial charge < -0.3 is 9.47 Å². The van der Waals surface area contributed by atoms with Crippen LogP contribution in [0.2, 0.25) is 18.6 Å². The Kier molecular flexibility index (Phi) is 7.49. The quantitative estimate of drug-likeness (QED) is 0.268. The molecule has 0 amide bonds. The Hall–Kier alpha value is -2.88. The smallest absolute Gasteiger partial charge is 0.127 e. The van der Waals surface area contributed by atoms with Crippen LogP contribution in [-0.2, 0) is 5.41 Å². The first-order chi connectivity index (χ1) is 20.5. The number of fused-ring (bicyclic) bond motifs is 4. The predicted octanol–water partition coefficient (Wildman–Crippen LogP) is 11.5. The summed E-state index contributed by atoms with van der Waals surface area (Å²) in [5.74, 6) is 1.95. The Morgan fingerprint density at radius 2 is 1.27 bits per heavy atom. The van der Waals surface area contributed by atoms with Crippen LogP contribution in [0, 0.1) is 17.8 Å². The van der Waals surface area contributed by atoms with E-state index in [2.05, 4.69) is 176 Å². The van der Waals surface area contributed by atoms with Crippen molar-refractivity contribution in [2.24, 2.45) is 17.8 Å². The molecule has 3 heteroatoms. The molecule has 0 aromatic heterocycles. The average molecular weight is 603 g/mol. The van der Waals surface area contributed by atoms with Crippen LogP contribution in [0.4, 0.5) is 17.1 Å². The molecule has 0 heterocycles. The molecule has 1 saturated carbocycles. The van der Waals surface area contributed by atoms with Gasteiger partial charge in [-0.2, -0.15) is 0 Å². The summed E-state index contributed by atoms with van der Waals surface area (Å²) >= 11 is 0. The van der Waals surface area contributed by atoms with E-state index in [1.54, 1.807) is 5.57 Å². The molecule has 3 aromatic rings. The molecule has 0 saturated heterocycles. The molecule has 2 nitrogen and oxygen atoms in total. The van der Waals surface area contributed by atoms with Gasteiger partial charge in [-0.15, -0.1) is 0 Å². The summed E-state index contributed by atoms with van der Waals surface area (Å²) in [6, 6.07) is 28.8. The molecule has 0 aliphatic heterocycles. The number of hydrogen-bond acceptors (Lipinski definition) is 2. The third-order valence-electron chi connectivity index (χ3n) is 10.9. The zero-order valence-corrected chi connectivity index (χ0v) is 30.1. The van der Waals surface area contributed by atoms with Gasteiger partial charge in [0.1, 0.15) is 8.24 Å². The van der Waals surface area contributed by atoms with E-state index in [4.69, 9.17) is 0 Å².